The van der Waals surface area contributed by atoms with Crippen molar-refractivity contribution in [2.75, 3.05) is 11.1 Å². The van der Waals surface area contributed by atoms with Gasteiger partial charge in [-0.1, -0.05) is 38.8 Å². The molecule has 1 saturated carbocycles. The van der Waals surface area contributed by atoms with Crippen LogP contribution in [-0.2, 0) is 9.84 Å². The molecule has 0 heterocycles. The lowest BCUT2D eigenvalue weighted by atomic mass is 9.86. The van der Waals surface area contributed by atoms with Crippen LogP contribution in [0.1, 0.15) is 39.5 Å². The van der Waals surface area contributed by atoms with Crippen molar-refractivity contribution < 1.29 is 8.42 Å². The van der Waals surface area contributed by atoms with Crippen LogP contribution in [0.5, 0.6) is 0 Å². The summed E-state index contributed by atoms with van der Waals surface area (Å²) in [6, 6.07) is 7.66. The highest BCUT2D eigenvalue weighted by molar-refractivity contribution is 7.91. The molecule has 0 saturated heterocycles. The Morgan fingerprint density at radius 3 is 2.58 bits per heavy atom. The molecule has 0 amide bonds. The maximum atomic E-state index is 12.1. The van der Waals surface area contributed by atoms with Crippen LogP contribution < -0.4 is 5.32 Å². The second kappa shape index (κ2) is 5.95. The molecule has 3 nitrogen and oxygen atoms in total. The zero-order valence-corrected chi connectivity index (χ0v) is 12.5. The molecule has 0 aliphatic heterocycles. The zero-order chi connectivity index (χ0) is 13.9. The van der Waals surface area contributed by atoms with Gasteiger partial charge >= 0.3 is 0 Å². The van der Waals surface area contributed by atoms with Crippen molar-refractivity contribution in [2.24, 2.45) is 5.92 Å². The van der Waals surface area contributed by atoms with Crippen molar-refractivity contribution in [3.05, 3.63) is 24.3 Å². The minimum Gasteiger partial charge on any atom is -0.381 e. The van der Waals surface area contributed by atoms with Crippen LogP contribution >= 0.6 is 0 Å². The summed E-state index contributed by atoms with van der Waals surface area (Å²) in [6.07, 6.45) is 4.86. The minimum absolute atomic E-state index is 0.145. The first kappa shape index (κ1) is 14.4. The largest absolute Gasteiger partial charge is 0.381 e. The smallest absolute Gasteiger partial charge is 0.180 e. The molecule has 0 bridgehead atoms. The average molecular weight is 281 g/mol. The molecular weight excluding hydrogens is 258 g/mol. The Labute approximate surface area is 116 Å². The summed E-state index contributed by atoms with van der Waals surface area (Å²) in [5, 5.41) is 3.46. The molecule has 1 N–H and O–H groups in total. The van der Waals surface area contributed by atoms with Gasteiger partial charge in [0, 0.05) is 6.04 Å². The van der Waals surface area contributed by atoms with Gasteiger partial charge in [0.2, 0.25) is 0 Å². The van der Waals surface area contributed by atoms with E-state index in [0.29, 0.717) is 16.9 Å². The van der Waals surface area contributed by atoms with Crippen molar-refractivity contribution in [2.45, 2.75) is 50.5 Å². The number of hydrogen-bond acceptors (Lipinski definition) is 3. The third kappa shape index (κ3) is 3.30. The molecule has 106 valence electrons. The summed E-state index contributed by atoms with van der Waals surface area (Å²) in [5.41, 5.74) is 0.767. The average Bonchev–Trinajstić information content (AvgIpc) is 2.42. The summed E-state index contributed by atoms with van der Waals surface area (Å²) in [4.78, 5) is 0.440. The van der Waals surface area contributed by atoms with E-state index in [4.69, 9.17) is 0 Å². The summed E-state index contributed by atoms with van der Waals surface area (Å²) in [7, 11) is -3.16. The van der Waals surface area contributed by atoms with E-state index in [0.717, 1.165) is 12.1 Å². The zero-order valence-electron chi connectivity index (χ0n) is 11.7. The Hall–Kier alpha value is -1.03. The van der Waals surface area contributed by atoms with Gasteiger partial charge in [-0.3, -0.25) is 0 Å². The standard InChI is InChI=1S/C15H23NO2S/c1-3-19(17,18)15-11-7-6-10-14(15)16-13-9-5-4-8-12(13)2/h6-7,10-13,16H,3-5,8-9H2,1-2H3. The fraction of sp³-hybridized carbons (Fsp3) is 0.600. The number of sulfone groups is 1. The van der Waals surface area contributed by atoms with Gasteiger partial charge in [0.25, 0.3) is 0 Å². The van der Waals surface area contributed by atoms with Gasteiger partial charge in [-0.25, -0.2) is 8.42 Å². The Kier molecular flexibility index (Phi) is 4.50. The molecule has 0 spiro atoms. The Morgan fingerprint density at radius 2 is 1.89 bits per heavy atom. The molecule has 1 aliphatic rings. The number of anilines is 1. The molecule has 0 radical (unpaired) electrons. The molecular formula is C15H23NO2S. The number of benzene rings is 1. The Bertz CT molecular complexity index is 525. The third-order valence-corrected chi connectivity index (χ3v) is 5.84. The van der Waals surface area contributed by atoms with Crippen LogP contribution in [0.3, 0.4) is 0 Å². The van der Waals surface area contributed by atoms with E-state index >= 15 is 0 Å². The van der Waals surface area contributed by atoms with Gasteiger partial charge in [-0.05, 0) is 30.9 Å². The lowest BCUT2D eigenvalue weighted by Gasteiger charge is -2.31. The second-order valence-corrected chi connectivity index (χ2v) is 7.66. The predicted molar refractivity (Wildman–Crippen MR) is 79.2 cm³/mol. The van der Waals surface area contributed by atoms with Gasteiger partial charge in [0.15, 0.2) is 9.84 Å². The highest BCUT2D eigenvalue weighted by atomic mass is 32.2. The summed E-state index contributed by atoms with van der Waals surface area (Å²) >= 11 is 0. The first-order valence-electron chi connectivity index (χ1n) is 7.13. The van der Waals surface area contributed by atoms with E-state index < -0.39 is 9.84 Å². The van der Waals surface area contributed by atoms with Crippen LogP contribution in [0.4, 0.5) is 5.69 Å². The molecule has 1 aliphatic carbocycles. The first-order valence-corrected chi connectivity index (χ1v) is 8.78. The molecule has 19 heavy (non-hydrogen) atoms. The molecule has 2 unspecified atom stereocenters. The third-order valence-electron chi connectivity index (χ3n) is 4.05. The van der Waals surface area contributed by atoms with E-state index in [9.17, 15) is 8.42 Å². The molecule has 0 aromatic heterocycles. The molecule has 1 aromatic rings. The van der Waals surface area contributed by atoms with E-state index in [1.54, 1.807) is 19.1 Å². The molecule has 1 fully saturated rings. The number of nitrogens with one attached hydrogen (secondary N) is 1. The number of hydrogen-bond donors (Lipinski definition) is 1. The van der Waals surface area contributed by atoms with Crippen LogP contribution in [-0.4, -0.2) is 20.2 Å². The van der Waals surface area contributed by atoms with Gasteiger partial charge in [-0.2, -0.15) is 0 Å². The van der Waals surface area contributed by atoms with Crippen molar-refractivity contribution in [3.63, 3.8) is 0 Å². The maximum absolute atomic E-state index is 12.1. The highest BCUT2D eigenvalue weighted by Crippen LogP contribution is 2.29. The van der Waals surface area contributed by atoms with Crippen LogP contribution in [0.2, 0.25) is 0 Å². The van der Waals surface area contributed by atoms with Crippen LogP contribution in [0.25, 0.3) is 0 Å². The van der Waals surface area contributed by atoms with Crippen molar-refractivity contribution in [1.29, 1.82) is 0 Å². The summed E-state index contributed by atoms with van der Waals surface area (Å²) in [6.45, 7) is 3.93. The molecule has 2 rings (SSSR count). The highest BCUT2D eigenvalue weighted by Gasteiger charge is 2.23. The monoisotopic (exact) mass is 281 g/mol. The topological polar surface area (TPSA) is 46.2 Å². The SMILES string of the molecule is CCS(=O)(=O)c1ccccc1NC1CCCCC1C. The molecule has 2 atom stereocenters. The van der Waals surface area contributed by atoms with Gasteiger partial charge in [0.05, 0.1) is 16.3 Å². The Balaban J connectivity index is 2.25. The fourth-order valence-corrected chi connectivity index (χ4v) is 3.80. The lowest BCUT2D eigenvalue weighted by molar-refractivity contribution is 0.349. The van der Waals surface area contributed by atoms with E-state index in [-0.39, 0.29) is 5.75 Å². The normalized spacial score (nSPS) is 24.1. The molecule has 4 heteroatoms. The fourth-order valence-electron chi connectivity index (χ4n) is 2.74. The second-order valence-electron chi connectivity index (χ2n) is 5.41. The maximum Gasteiger partial charge on any atom is 0.180 e. The molecule has 1 aromatic carbocycles. The predicted octanol–water partition coefficient (Wildman–Crippen LogP) is 3.47. The van der Waals surface area contributed by atoms with Crippen molar-refractivity contribution in [1.82, 2.24) is 0 Å². The quantitative estimate of drug-likeness (QED) is 0.919. The Morgan fingerprint density at radius 1 is 1.21 bits per heavy atom. The number of rotatable bonds is 4. The van der Waals surface area contributed by atoms with Gasteiger partial charge < -0.3 is 5.32 Å². The first-order chi connectivity index (χ1) is 9.04. The van der Waals surface area contributed by atoms with Gasteiger partial charge in [-0.15, -0.1) is 0 Å². The summed E-state index contributed by atoms with van der Waals surface area (Å²) < 4.78 is 24.2. The van der Waals surface area contributed by atoms with E-state index in [2.05, 4.69) is 12.2 Å². The van der Waals surface area contributed by atoms with Crippen LogP contribution in [0, 0.1) is 5.92 Å². The van der Waals surface area contributed by atoms with Crippen molar-refractivity contribution in [3.8, 4) is 0 Å². The van der Waals surface area contributed by atoms with E-state index in [1.807, 2.05) is 12.1 Å². The minimum atomic E-state index is -3.16. The lowest BCUT2D eigenvalue weighted by Crippen LogP contribution is -2.30. The van der Waals surface area contributed by atoms with Crippen LogP contribution in [0.15, 0.2) is 29.2 Å². The van der Waals surface area contributed by atoms with Crippen molar-refractivity contribution >= 4 is 15.5 Å². The number of para-hydroxylation sites is 1. The summed E-state index contributed by atoms with van der Waals surface area (Å²) in [5.74, 6) is 0.748. The van der Waals surface area contributed by atoms with Gasteiger partial charge in [0.1, 0.15) is 0 Å². The van der Waals surface area contributed by atoms with E-state index in [1.165, 1.54) is 19.3 Å².